The van der Waals surface area contributed by atoms with E-state index < -0.39 is 6.10 Å². The number of hydrogen-bond donors (Lipinski definition) is 2. The molecule has 1 aliphatic rings. The van der Waals surface area contributed by atoms with Crippen LogP contribution in [0.15, 0.2) is 51.4 Å². The number of aliphatic hydroxyl groups is 1. The molecule has 6 nitrogen and oxygen atoms in total. The van der Waals surface area contributed by atoms with Crippen LogP contribution in [-0.4, -0.2) is 67.6 Å². The molecule has 0 saturated carbocycles. The Hall–Kier alpha value is -1.23. The van der Waals surface area contributed by atoms with Crippen molar-refractivity contribution in [3.63, 3.8) is 0 Å². The number of amides is 1. The first-order valence-electron chi connectivity index (χ1n) is 9.59. The van der Waals surface area contributed by atoms with E-state index in [2.05, 4.69) is 37.2 Å². The topological polar surface area (TPSA) is 67.8 Å². The summed E-state index contributed by atoms with van der Waals surface area (Å²) < 4.78 is 26.4. The number of aliphatic hydroxyl groups excluding tert-OH is 1. The molecule has 0 spiro atoms. The number of benzene rings is 2. The molecule has 1 amide bonds. The van der Waals surface area contributed by atoms with Crippen LogP contribution in [0.25, 0.3) is 0 Å². The van der Waals surface area contributed by atoms with Gasteiger partial charge in [-0.2, -0.15) is 0 Å². The minimum absolute atomic E-state index is 0. The summed E-state index contributed by atoms with van der Waals surface area (Å²) in [5, 5.41) is 13.4. The van der Waals surface area contributed by atoms with Crippen molar-refractivity contribution in [2.24, 2.45) is 0 Å². The monoisotopic (exact) mass is 580 g/mol. The van der Waals surface area contributed by atoms with E-state index >= 15 is 0 Å². The number of halogens is 4. The third-order valence-corrected chi connectivity index (χ3v) is 6.06. The molecule has 1 heterocycles. The molecule has 1 aliphatic heterocycles. The second kappa shape index (κ2) is 12.1. The number of nitrogens with one attached hydrogen (secondary N) is 1. The summed E-state index contributed by atoms with van der Waals surface area (Å²) >= 11 is 6.83. The van der Waals surface area contributed by atoms with Gasteiger partial charge in [0.1, 0.15) is 43.9 Å². The third-order valence-electron chi connectivity index (χ3n) is 4.95. The Bertz CT molecular complexity index is 867. The molecule has 0 aliphatic carbocycles. The van der Waals surface area contributed by atoms with Gasteiger partial charge in [0.15, 0.2) is 6.54 Å². The molecular weight excluding hydrogens is 559 g/mol. The highest BCUT2D eigenvalue weighted by atomic mass is 79.9. The van der Waals surface area contributed by atoms with Crippen LogP contribution < -0.4 is 22.5 Å². The van der Waals surface area contributed by atoms with Crippen LogP contribution in [0.5, 0.6) is 5.75 Å². The quantitative estimate of drug-likeness (QED) is 0.447. The van der Waals surface area contributed by atoms with Crippen molar-refractivity contribution in [1.82, 2.24) is 0 Å². The SMILES string of the molecule is O=C(C[N+]1(CC(O)COc2ccc(Br)cc2Br)CCOCC1)Nc1ccc(F)cc1.[Cl-]. The first-order valence-corrected chi connectivity index (χ1v) is 11.2. The molecular formula is C21H24Br2ClFN2O4. The number of nitrogens with zero attached hydrogens (tertiary/aromatic N) is 1. The lowest BCUT2D eigenvalue weighted by molar-refractivity contribution is -0.930. The molecule has 1 atom stereocenters. The van der Waals surface area contributed by atoms with Gasteiger partial charge in [-0.05, 0) is 58.4 Å². The summed E-state index contributed by atoms with van der Waals surface area (Å²) in [6.45, 7) is 2.96. The molecule has 2 aromatic carbocycles. The maximum atomic E-state index is 13.1. The standard InChI is InChI=1S/C21H23Br2FN2O4.ClH/c22-15-1-6-20(19(23)11-15)30-14-18(27)12-26(7-9-29-10-8-26)13-21(28)25-17-4-2-16(24)3-5-17;/h1-6,11,18,27H,7-10,12-14H2;1H. The van der Waals surface area contributed by atoms with Gasteiger partial charge >= 0.3 is 0 Å². The second-order valence-electron chi connectivity index (χ2n) is 7.34. The Balaban J connectivity index is 0.00000341. The summed E-state index contributed by atoms with van der Waals surface area (Å²) in [6, 6.07) is 11.2. The average molecular weight is 583 g/mol. The summed E-state index contributed by atoms with van der Waals surface area (Å²) in [4.78, 5) is 12.6. The molecule has 0 aromatic heterocycles. The van der Waals surface area contributed by atoms with Gasteiger partial charge in [-0.25, -0.2) is 4.39 Å². The molecule has 1 fully saturated rings. The fourth-order valence-corrected chi connectivity index (χ4v) is 4.61. The summed E-state index contributed by atoms with van der Waals surface area (Å²) in [5.74, 6) is 0.0947. The van der Waals surface area contributed by atoms with Gasteiger partial charge in [0, 0.05) is 10.2 Å². The molecule has 1 unspecified atom stereocenters. The van der Waals surface area contributed by atoms with E-state index in [0.717, 1.165) is 8.95 Å². The Morgan fingerprint density at radius 1 is 1.19 bits per heavy atom. The number of quaternary nitrogens is 1. The number of anilines is 1. The van der Waals surface area contributed by atoms with Crippen LogP contribution in [-0.2, 0) is 9.53 Å². The molecule has 1 saturated heterocycles. The second-order valence-corrected chi connectivity index (χ2v) is 9.11. The van der Waals surface area contributed by atoms with Crippen LogP contribution in [0.1, 0.15) is 0 Å². The molecule has 0 radical (unpaired) electrons. The Morgan fingerprint density at radius 2 is 1.87 bits per heavy atom. The van der Waals surface area contributed by atoms with E-state index in [0.29, 0.717) is 48.8 Å². The smallest absolute Gasteiger partial charge is 0.279 e. The molecule has 0 bridgehead atoms. The van der Waals surface area contributed by atoms with Crippen LogP contribution >= 0.6 is 31.9 Å². The number of morpholine rings is 1. The minimum Gasteiger partial charge on any atom is -1.00 e. The molecule has 170 valence electrons. The van der Waals surface area contributed by atoms with Gasteiger partial charge in [-0.15, -0.1) is 0 Å². The van der Waals surface area contributed by atoms with Crippen LogP contribution in [0.3, 0.4) is 0 Å². The van der Waals surface area contributed by atoms with E-state index in [1.165, 1.54) is 24.3 Å². The summed E-state index contributed by atoms with van der Waals surface area (Å²) in [6.07, 6.45) is -0.753. The number of carbonyl (C=O) groups excluding carboxylic acids is 1. The number of carbonyl (C=O) groups is 1. The van der Waals surface area contributed by atoms with Gasteiger partial charge in [-0.3, -0.25) is 4.79 Å². The van der Waals surface area contributed by atoms with E-state index in [4.69, 9.17) is 9.47 Å². The fraction of sp³-hybridized carbons (Fsp3) is 0.381. The highest BCUT2D eigenvalue weighted by Gasteiger charge is 2.35. The first kappa shape index (κ1) is 26.0. The van der Waals surface area contributed by atoms with Crippen LogP contribution in [0, 0.1) is 5.82 Å². The predicted octanol–water partition coefficient (Wildman–Crippen LogP) is 0.580. The predicted molar refractivity (Wildman–Crippen MR) is 119 cm³/mol. The van der Waals surface area contributed by atoms with Crippen molar-refractivity contribution in [3.05, 3.63) is 57.2 Å². The normalized spacial score (nSPS) is 16.1. The first-order chi connectivity index (χ1) is 14.3. The highest BCUT2D eigenvalue weighted by molar-refractivity contribution is 9.11. The third kappa shape index (κ3) is 8.00. The lowest BCUT2D eigenvalue weighted by Crippen LogP contribution is -3.00. The Labute approximate surface area is 204 Å². The highest BCUT2D eigenvalue weighted by Crippen LogP contribution is 2.28. The van der Waals surface area contributed by atoms with Crippen molar-refractivity contribution < 1.29 is 40.7 Å². The number of ether oxygens (including phenoxy) is 2. The lowest BCUT2D eigenvalue weighted by atomic mass is 10.2. The summed E-state index contributed by atoms with van der Waals surface area (Å²) in [7, 11) is 0. The van der Waals surface area contributed by atoms with Gasteiger partial charge in [-0.1, -0.05) is 15.9 Å². The maximum absolute atomic E-state index is 13.1. The van der Waals surface area contributed by atoms with Crippen LogP contribution in [0.2, 0.25) is 0 Å². The van der Waals surface area contributed by atoms with Gasteiger partial charge in [0.2, 0.25) is 0 Å². The Morgan fingerprint density at radius 3 is 2.52 bits per heavy atom. The van der Waals surface area contributed by atoms with Crippen molar-refractivity contribution in [1.29, 1.82) is 0 Å². The number of hydrogen-bond acceptors (Lipinski definition) is 4. The molecule has 3 rings (SSSR count). The maximum Gasteiger partial charge on any atom is 0.279 e. The zero-order valence-corrected chi connectivity index (χ0v) is 20.6. The van der Waals surface area contributed by atoms with E-state index in [1.807, 2.05) is 18.2 Å². The largest absolute Gasteiger partial charge is 1.00 e. The van der Waals surface area contributed by atoms with Crippen LogP contribution in [0.4, 0.5) is 10.1 Å². The van der Waals surface area contributed by atoms with Gasteiger partial charge in [0.05, 0.1) is 17.7 Å². The van der Waals surface area contributed by atoms with Crippen molar-refractivity contribution >= 4 is 43.5 Å². The van der Waals surface area contributed by atoms with E-state index in [9.17, 15) is 14.3 Å². The van der Waals surface area contributed by atoms with Gasteiger partial charge in [0.25, 0.3) is 5.91 Å². The zero-order chi connectivity index (χ0) is 21.6. The van der Waals surface area contributed by atoms with E-state index in [1.54, 1.807) is 0 Å². The van der Waals surface area contributed by atoms with Crippen molar-refractivity contribution in [2.75, 3.05) is 51.3 Å². The molecule has 10 heteroatoms. The fourth-order valence-electron chi connectivity index (χ4n) is 3.45. The number of rotatable bonds is 8. The average Bonchev–Trinajstić information content (AvgIpc) is 2.69. The summed E-state index contributed by atoms with van der Waals surface area (Å²) in [5.41, 5.74) is 0.539. The van der Waals surface area contributed by atoms with Gasteiger partial charge < -0.3 is 36.8 Å². The molecule has 31 heavy (non-hydrogen) atoms. The Kier molecular flexibility index (Phi) is 10.2. The minimum atomic E-state index is -0.753. The molecule has 2 aromatic rings. The molecule has 2 N–H and O–H groups in total. The lowest BCUT2D eigenvalue weighted by Gasteiger charge is -2.41. The van der Waals surface area contributed by atoms with Crippen molar-refractivity contribution in [3.8, 4) is 5.75 Å². The van der Waals surface area contributed by atoms with Crippen molar-refractivity contribution in [2.45, 2.75) is 6.10 Å². The van der Waals surface area contributed by atoms with E-state index in [-0.39, 0.29) is 37.3 Å². The zero-order valence-electron chi connectivity index (χ0n) is 16.7.